The molecule has 7 nitrogen and oxygen atoms in total. The zero-order valence-electron chi connectivity index (χ0n) is 16.8. The topological polar surface area (TPSA) is 85.3 Å². The molecular weight excluding hydrogens is 400 g/mol. The van der Waals surface area contributed by atoms with Crippen LogP contribution >= 0.6 is 11.3 Å². The molecule has 0 bridgehead atoms. The average molecular weight is 420 g/mol. The van der Waals surface area contributed by atoms with Crippen LogP contribution in [0.1, 0.15) is 29.9 Å². The molecule has 0 aliphatic carbocycles. The normalized spacial score (nSPS) is 15.8. The smallest absolute Gasteiger partial charge is 0.358 e. The number of carbonyl (C=O) groups is 2. The molecule has 152 valence electrons. The Morgan fingerprint density at radius 1 is 1.17 bits per heavy atom. The molecule has 0 fully saturated rings. The summed E-state index contributed by atoms with van der Waals surface area (Å²) in [5, 5.41) is 2.09. The van der Waals surface area contributed by atoms with E-state index in [2.05, 4.69) is 34.9 Å². The lowest BCUT2D eigenvalue weighted by Crippen LogP contribution is -2.25. The van der Waals surface area contributed by atoms with Crippen molar-refractivity contribution < 1.29 is 14.3 Å². The van der Waals surface area contributed by atoms with Gasteiger partial charge in [-0.2, -0.15) is 0 Å². The monoisotopic (exact) mass is 420 g/mol. The Morgan fingerprint density at radius 3 is 2.63 bits per heavy atom. The molecule has 0 amide bonds. The summed E-state index contributed by atoms with van der Waals surface area (Å²) in [5.41, 5.74) is 2.90. The highest BCUT2D eigenvalue weighted by atomic mass is 32.1. The van der Waals surface area contributed by atoms with Crippen LogP contribution < -0.4 is 4.90 Å². The van der Waals surface area contributed by atoms with Gasteiger partial charge in [0, 0.05) is 47.7 Å². The number of ether oxygens (including phenoxy) is 1. The molecule has 30 heavy (non-hydrogen) atoms. The molecule has 1 aliphatic heterocycles. The van der Waals surface area contributed by atoms with E-state index < -0.39 is 5.97 Å². The van der Waals surface area contributed by atoms with Crippen molar-refractivity contribution in [3.8, 4) is 10.8 Å². The number of rotatable bonds is 5. The summed E-state index contributed by atoms with van der Waals surface area (Å²) in [7, 11) is 1.93. The molecule has 1 aliphatic rings. The van der Waals surface area contributed by atoms with Crippen molar-refractivity contribution in [1.29, 1.82) is 0 Å². The van der Waals surface area contributed by atoms with Crippen LogP contribution in [-0.2, 0) is 14.9 Å². The molecule has 4 rings (SSSR count). The second kappa shape index (κ2) is 7.79. The summed E-state index contributed by atoms with van der Waals surface area (Å²) in [6.07, 6.45) is 4.76. The van der Waals surface area contributed by atoms with Gasteiger partial charge in [0.2, 0.25) is 0 Å². The number of ketones is 1. The van der Waals surface area contributed by atoms with Crippen LogP contribution in [0.5, 0.6) is 0 Å². The minimum absolute atomic E-state index is 0.133. The Bertz CT molecular complexity index is 1140. The molecular formula is C22H20N4O3S. The number of para-hydroxylation sites is 1. The Labute approximate surface area is 178 Å². The summed E-state index contributed by atoms with van der Waals surface area (Å²) < 4.78 is 5.18. The van der Waals surface area contributed by atoms with Gasteiger partial charge in [0.05, 0.1) is 0 Å². The number of thiazole rings is 1. The number of nitrogens with zero attached hydrogens (tertiary/aromatic N) is 4. The molecule has 0 radical (unpaired) electrons. The molecule has 0 spiro atoms. The fourth-order valence-electron chi connectivity index (χ4n) is 3.54. The minimum Gasteiger partial charge on any atom is -0.453 e. The maximum Gasteiger partial charge on any atom is 0.358 e. The number of hydrogen-bond donors (Lipinski definition) is 0. The Morgan fingerprint density at radius 2 is 1.90 bits per heavy atom. The van der Waals surface area contributed by atoms with Gasteiger partial charge in [0.1, 0.15) is 0 Å². The lowest BCUT2D eigenvalue weighted by Gasteiger charge is -2.23. The highest BCUT2D eigenvalue weighted by Crippen LogP contribution is 2.46. The third kappa shape index (κ3) is 3.61. The van der Waals surface area contributed by atoms with Gasteiger partial charge in [0.15, 0.2) is 28.9 Å². The summed E-state index contributed by atoms with van der Waals surface area (Å²) in [4.78, 5) is 39.3. The number of likely N-dealkylation sites (N-methyl/N-ethyl adjacent to an activating group) is 1. The number of fused-ring (bicyclic) bond motifs is 1. The van der Waals surface area contributed by atoms with E-state index in [-0.39, 0.29) is 23.5 Å². The Kier molecular flexibility index (Phi) is 5.17. The first-order valence-electron chi connectivity index (χ1n) is 9.36. The zero-order valence-corrected chi connectivity index (χ0v) is 17.6. The third-order valence-corrected chi connectivity index (χ3v) is 5.89. The van der Waals surface area contributed by atoms with Crippen LogP contribution in [0.15, 0.2) is 59.9 Å². The number of aromatic nitrogens is 3. The van der Waals surface area contributed by atoms with Crippen LogP contribution in [0.3, 0.4) is 0 Å². The van der Waals surface area contributed by atoms with Crippen molar-refractivity contribution in [3.63, 3.8) is 0 Å². The standard InChI is InChI=1S/C22H20N4O3S/c1-22(2)15-7-4-5-8-17(15)26(3)18(22)11-14(27)12-29-21(28)16-13-30-20(25-16)19-23-9-6-10-24-19/h4-11,13H,12H2,1-3H3/b18-11+. The minimum atomic E-state index is -0.650. The lowest BCUT2D eigenvalue weighted by molar-refractivity contribution is -0.117. The Balaban J connectivity index is 1.43. The maximum atomic E-state index is 12.5. The van der Waals surface area contributed by atoms with Crippen LogP contribution in [0.4, 0.5) is 5.69 Å². The predicted octanol–water partition coefficient (Wildman–Crippen LogP) is 3.64. The van der Waals surface area contributed by atoms with Gasteiger partial charge >= 0.3 is 5.97 Å². The van der Waals surface area contributed by atoms with Crippen molar-refractivity contribution in [2.24, 2.45) is 0 Å². The molecule has 2 aromatic heterocycles. The van der Waals surface area contributed by atoms with E-state index in [1.54, 1.807) is 29.9 Å². The van der Waals surface area contributed by atoms with E-state index in [9.17, 15) is 9.59 Å². The highest BCUT2D eigenvalue weighted by Gasteiger charge is 2.38. The van der Waals surface area contributed by atoms with Gasteiger partial charge in [-0.15, -0.1) is 11.3 Å². The molecule has 3 aromatic rings. The predicted molar refractivity (Wildman–Crippen MR) is 114 cm³/mol. The van der Waals surface area contributed by atoms with E-state index in [4.69, 9.17) is 4.74 Å². The zero-order chi connectivity index (χ0) is 21.3. The number of hydrogen-bond acceptors (Lipinski definition) is 8. The van der Waals surface area contributed by atoms with Gasteiger partial charge in [-0.05, 0) is 17.7 Å². The van der Waals surface area contributed by atoms with Gasteiger partial charge in [0.25, 0.3) is 0 Å². The van der Waals surface area contributed by atoms with E-state index in [1.807, 2.05) is 30.1 Å². The number of carbonyl (C=O) groups excluding carboxylic acids is 2. The molecule has 1 aromatic carbocycles. The highest BCUT2D eigenvalue weighted by molar-refractivity contribution is 7.13. The molecule has 0 N–H and O–H groups in total. The SMILES string of the molecule is CN1/C(=C/C(=O)COC(=O)c2csc(-c3ncccn3)n2)C(C)(C)c2ccccc21. The molecule has 0 saturated carbocycles. The van der Waals surface area contributed by atoms with E-state index in [0.717, 1.165) is 16.9 Å². The molecule has 8 heteroatoms. The number of anilines is 1. The molecule has 0 atom stereocenters. The maximum absolute atomic E-state index is 12.5. The van der Waals surface area contributed by atoms with Gasteiger partial charge < -0.3 is 9.64 Å². The quantitative estimate of drug-likeness (QED) is 0.460. The summed E-state index contributed by atoms with van der Waals surface area (Å²) in [6, 6.07) is 9.75. The lowest BCUT2D eigenvalue weighted by atomic mass is 9.83. The first-order valence-corrected chi connectivity index (χ1v) is 10.2. The van der Waals surface area contributed by atoms with Crippen molar-refractivity contribution in [3.05, 3.63) is 71.1 Å². The number of allylic oxidation sites excluding steroid dienone is 1. The van der Waals surface area contributed by atoms with E-state index in [0.29, 0.717) is 10.8 Å². The fraction of sp³-hybridized carbons (Fsp3) is 0.227. The van der Waals surface area contributed by atoms with Crippen molar-refractivity contribution >= 4 is 28.8 Å². The first kappa shape index (κ1) is 19.9. The average Bonchev–Trinajstić information content (AvgIpc) is 3.32. The number of esters is 1. The molecule has 3 heterocycles. The van der Waals surface area contributed by atoms with Crippen LogP contribution in [0.25, 0.3) is 10.8 Å². The van der Waals surface area contributed by atoms with Gasteiger partial charge in [-0.3, -0.25) is 4.79 Å². The third-order valence-electron chi connectivity index (χ3n) is 5.05. The van der Waals surface area contributed by atoms with Gasteiger partial charge in [-0.1, -0.05) is 32.0 Å². The molecule has 0 saturated heterocycles. The summed E-state index contributed by atoms with van der Waals surface area (Å²) >= 11 is 1.24. The number of benzene rings is 1. The van der Waals surface area contributed by atoms with Crippen LogP contribution in [0.2, 0.25) is 0 Å². The Hall–Kier alpha value is -3.39. The van der Waals surface area contributed by atoms with Crippen molar-refractivity contribution in [2.75, 3.05) is 18.6 Å². The summed E-state index contributed by atoms with van der Waals surface area (Å²) in [6.45, 7) is 3.79. The van der Waals surface area contributed by atoms with E-state index >= 15 is 0 Å². The van der Waals surface area contributed by atoms with Gasteiger partial charge in [-0.25, -0.2) is 19.7 Å². The second-order valence-corrected chi connectivity index (χ2v) is 8.24. The van der Waals surface area contributed by atoms with E-state index in [1.165, 1.54) is 11.3 Å². The summed E-state index contributed by atoms with van der Waals surface area (Å²) in [5.74, 6) is -0.496. The fourth-order valence-corrected chi connectivity index (χ4v) is 4.28. The largest absolute Gasteiger partial charge is 0.453 e. The molecule has 0 unspecified atom stereocenters. The first-order chi connectivity index (χ1) is 14.4. The van der Waals surface area contributed by atoms with Crippen LogP contribution in [-0.4, -0.2) is 40.4 Å². The second-order valence-electron chi connectivity index (χ2n) is 7.38. The van der Waals surface area contributed by atoms with Crippen LogP contribution in [0, 0.1) is 0 Å². The van der Waals surface area contributed by atoms with Crippen molar-refractivity contribution in [2.45, 2.75) is 19.3 Å². The van der Waals surface area contributed by atoms with Crippen molar-refractivity contribution in [1.82, 2.24) is 15.0 Å².